The van der Waals surface area contributed by atoms with Crippen LogP contribution in [0, 0.1) is 0 Å². The van der Waals surface area contributed by atoms with E-state index >= 15 is 0 Å². The lowest BCUT2D eigenvalue weighted by atomic mass is 10.1. The highest BCUT2D eigenvalue weighted by Gasteiger charge is 2.17. The molecule has 0 spiro atoms. The highest BCUT2D eigenvalue weighted by Crippen LogP contribution is 2.25. The molecule has 0 aliphatic carbocycles. The maximum Gasteiger partial charge on any atom is 0.256 e. The van der Waals surface area contributed by atoms with Crippen LogP contribution in [0.15, 0.2) is 38.6 Å². The number of anilines is 1. The van der Waals surface area contributed by atoms with Crippen molar-refractivity contribution in [1.29, 1.82) is 0 Å². The molecule has 1 aromatic carbocycles. The van der Waals surface area contributed by atoms with E-state index in [-0.39, 0.29) is 5.91 Å². The van der Waals surface area contributed by atoms with E-state index in [2.05, 4.69) is 31.9 Å². The zero-order valence-corrected chi connectivity index (χ0v) is 14.9. The van der Waals surface area contributed by atoms with E-state index in [1.54, 1.807) is 28.4 Å². The minimum atomic E-state index is -0.0398. The van der Waals surface area contributed by atoms with Crippen LogP contribution in [0.1, 0.15) is 22.2 Å². The summed E-state index contributed by atoms with van der Waals surface area (Å²) in [5.74, 6) is -0.0398. The van der Waals surface area contributed by atoms with Gasteiger partial charge >= 0.3 is 0 Å². The lowest BCUT2D eigenvalue weighted by molar-refractivity contribution is 0.0755. The molecule has 0 aliphatic rings. The van der Waals surface area contributed by atoms with Crippen LogP contribution in [-0.4, -0.2) is 17.4 Å². The molecule has 1 amide bonds. The van der Waals surface area contributed by atoms with Crippen LogP contribution in [0.25, 0.3) is 0 Å². The molecule has 1 aromatic heterocycles. The van der Waals surface area contributed by atoms with Gasteiger partial charge in [0, 0.05) is 21.6 Å². The molecule has 106 valence electrons. The summed E-state index contributed by atoms with van der Waals surface area (Å²) >= 11 is 8.42. The molecule has 0 saturated carbocycles. The Bertz CT molecular complexity index is 627. The van der Waals surface area contributed by atoms with Gasteiger partial charge in [0.2, 0.25) is 0 Å². The van der Waals surface area contributed by atoms with Crippen molar-refractivity contribution >= 4 is 54.8 Å². The number of rotatable bonds is 4. The monoisotopic (exact) mass is 416 g/mol. The summed E-state index contributed by atoms with van der Waals surface area (Å²) in [6, 6.07) is 9.36. The largest absolute Gasteiger partial charge is 0.398 e. The summed E-state index contributed by atoms with van der Waals surface area (Å²) in [7, 11) is 0. The smallest absolute Gasteiger partial charge is 0.256 e. The number of hydrogen-bond acceptors (Lipinski definition) is 3. The Balaban J connectivity index is 2.20. The van der Waals surface area contributed by atoms with Gasteiger partial charge in [0.1, 0.15) is 0 Å². The number of nitrogen functional groups attached to an aromatic ring is 1. The third-order valence-corrected chi connectivity index (χ3v) is 4.99. The van der Waals surface area contributed by atoms with Gasteiger partial charge in [-0.15, -0.1) is 11.3 Å². The lowest BCUT2D eigenvalue weighted by Gasteiger charge is -2.21. The molecule has 2 aromatic rings. The normalized spacial score (nSPS) is 10.6. The van der Waals surface area contributed by atoms with Gasteiger partial charge in [-0.2, -0.15) is 0 Å². The SMILES string of the molecule is CCN(Cc1ccc(Br)s1)C(=O)c1ccc(Br)cc1N. The van der Waals surface area contributed by atoms with Gasteiger partial charge < -0.3 is 10.6 Å². The molecule has 0 aliphatic heterocycles. The summed E-state index contributed by atoms with van der Waals surface area (Å²) in [6.07, 6.45) is 0. The standard InChI is InChI=1S/C14H14Br2N2OS/c1-2-18(8-10-4-6-13(16)20-10)14(19)11-5-3-9(15)7-12(11)17/h3-7H,2,8,17H2,1H3. The highest BCUT2D eigenvalue weighted by molar-refractivity contribution is 9.11. The Morgan fingerprint density at radius 1 is 1.30 bits per heavy atom. The third-order valence-electron chi connectivity index (χ3n) is 2.89. The molecule has 1 heterocycles. The highest BCUT2D eigenvalue weighted by atomic mass is 79.9. The van der Waals surface area contributed by atoms with E-state index in [1.807, 2.05) is 25.1 Å². The molecule has 0 bridgehead atoms. The first-order valence-electron chi connectivity index (χ1n) is 6.09. The van der Waals surface area contributed by atoms with Crippen LogP contribution < -0.4 is 5.73 Å². The van der Waals surface area contributed by atoms with Crippen molar-refractivity contribution in [3.63, 3.8) is 0 Å². The molecule has 3 nitrogen and oxygen atoms in total. The van der Waals surface area contributed by atoms with E-state index in [1.165, 1.54) is 0 Å². The predicted molar refractivity (Wildman–Crippen MR) is 91.0 cm³/mol. The van der Waals surface area contributed by atoms with Gasteiger partial charge in [0.05, 0.1) is 15.9 Å². The molecular weight excluding hydrogens is 404 g/mol. The molecule has 2 rings (SSSR count). The van der Waals surface area contributed by atoms with Crippen LogP contribution in [0.3, 0.4) is 0 Å². The number of hydrogen-bond donors (Lipinski definition) is 1. The Morgan fingerprint density at radius 2 is 2.05 bits per heavy atom. The van der Waals surface area contributed by atoms with Crippen LogP contribution in [-0.2, 0) is 6.54 Å². The Kier molecular flexibility index (Phi) is 5.23. The summed E-state index contributed by atoms with van der Waals surface area (Å²) < 4.78 is 1.94. The third kappa shape index (κ3) is 3.62. The van der Waals surface area contributed by atoms with Crippen LogP contribution in [0.2, 0.25) is 0 Å². The molecule has 2 N–H and O–H groups in total. The van der Waals surface area contributed by atoms with Gasteiger partial charge in [-0.1, -0.05) is 15.9 Å². The van der Waals surface area contributed by atoms with E-state index in [4.69, 9.17) is 5.73 Å². The number of nitrogens with two attached hydrogens (primary N) is 1. The fraction of sp³-hybridized carbons (Fsp3) is 0.214. The van der Waals surface area contributed by atoms with Crippen molar-refractivity contribution in [2.45, 2.75) is 13.5 Å². The van der Waals surface area contributed by atoms with E-state index in [9.17, 15) is 4.79 Å². The van der Waals surface area contributed by atoms with Gasteiger partial charge in [-0.05, 0) is 53.2 Å². The summed E-state index contributed by atoms with van der Waals surface area (Å²) in [4.78, 5) is 15.5. The lowest BCUT2D eigenvalue weighted by Crippen LogP contribution is -2.30. The Morgan fingerprint density at radius 3 is 2.60 bits per heavy atom. The maximum absolute atomic E-state index is 12.5. The van der Waals surface area contributed by atoms with E-state index < -0.39 is 0 Å². The number of thiophene rings is 1. The number of benzene rings is 1. The topological polar surface area (TPSA) is 46.3 Å². The molecule has 0 atom stereocenters. The summed E-state index contributed by atoms with van der Waals surface area (Å²) in [5.41, 5.74) is 6.97. The number of amides is 1. The Labute approximate surface area is 139 Å². The average molecular weight is 418 g/mol. The first kappa shape index (κ1) is 15.5. The van der Waals surface area contributed by atoms with Gasteiger partial charge in [0.15, 0.2) is 0 Å². The molecule has 0 radical (unpaired) electrons. The number of nitrogens with zero attached hydrogens (tertiary/aromatic N) is 1. The van der Waals surface area contributed by atoms with Crippen molar-refractivity contribution in [3.05, 3.63) is 49.0 Å². The zero-order valence-electron chi connectivity index (χ0n) is 10.9. The van der Waals surface area contributed by atoms with Crippen molar-refractivity contribution < 1.29 is 4.79 Å². The summed E-state index contributed by atoms with van der Waals surface area (Å²) in [5, 5.41) is 0. The fourth-order valence-corrected chi connectivity index (χ4v) is 3.73. The Hall–Kier alpha value is -0.850. The van der Waals surface area contributed by atoms with Gasteiger partial charge in [-0.25, -0.2) is 0 Å². The average Bonchev–Trinajstić information content (AvgIpc) is 2.81. The van der Waals surface area contributed by atoms with Crippen LogP contribution in [0.5, 0.6) is 0 Å². The van der Waals surface area contributed by atoms with Crippen LogP contribution in [0.4, 0.5) is 5.69 Å². The van der Waals surface area contributed by atoms with Crippen molar-refractivity contribution in [3.8, 4) is 0 Å². The minimum Gasteiger partial charge on any atom is -0.398 e. The first-order chi connectivity index (χ1) is 9.51. The zero-order chi connectivity index (χ0) is 14.7. The molecule has 6 heteroatoms. The van der Waals surface area contributed by atoms with Crippen molar-refractivity contribution in [2.24, 2.45) is 0 Å². The van der Waals surface area contributed by atoms with Crippen molar-refractivity contribution in [1.82, 2.24) is 4.90 Å². The number of carbonyl (C=O) groups excluding carboxylic acids is 1. The van der Waals surface area contributed by atoms with Gasteiger partial charge in [0.25, 0.3) is 5.91 Å². The second-order valence-electron chi connectivity index (χ2n) is 4.26. The predicted octanol–water partition coefficient (Wildman–Crippen LogP) is 4.52. The molecule has 0 fully saturated rings. The number of halogens is 2. The summed E-state index contributed by atoms with van der Waals surface area (Å²) in [6.45, 7) is 3.21. The second-order valence-corrected chi connectivity index (χ2v) is 7.72. The molecule has 20 heavy (non-hydrogen) atoms. The quantitative estimate of drug-likeness (QED) is 0.743. The second kappa shape index (κ2) is 6.74. The first-order valence-corrected chi connectivity index (χ1v) is 8.50. The maximum atomic E-state index is 12.5. The van der Waals surface area contributed by atoms with Gasteiger partial charge in [-0.3, -0.25) is 4.79 Å². The molecule has 0 unspecified atom stereocenters. The molecular formula is C14H14Br2N2OS. The molecule has 0 saturated heterocycles. The van der Waals surface area contributed by atoms with Crippen molar-refractivity contribution in [2.75, 3.05) is 12.3 Å². The van der Waals surface area contributed by atoms with E-state index in [0.29, 0.717) is 24.3 Å². The van der Waals surface area contributed by atoms with Crippen LogP contribution >= 0.6 is 43.2 Å². The fourth-order valence-electron chi connectivity index (χ4n) is 1.85. The van der Waals surface area contributed by atoms with E-state index in [0.717, 1.165) is 13.1 Å². The minimum absolute atomic E-state index is 0.0398. The number of carbonyl (C=O) groups is 1.